The predicted molar refractivity (Wildman–Crippen MR) is 131 cm³/mol. The highest BCUT2D eigenvalue weighted by Gasteiger charge is 2.17. The van der Waals surface area contributed by atoms with Gasteiger partial charge in [0, 0.05) is 27.7 Å². The number of fused-ring (bicyclic) bond motifs is 1. The van der Waals surface area contributed by atoms with E-state index < -0.39 is 16.7 Å². The molecule has 10 nitrogen and oxygen atoms in total. The van der Waals surface area contributed by atoms with Gasteiger partial charge in [0.05, 0.1) is 11.1 Å². The zero-order chi connectivity index (χ0) is 24.8. The Bertz CT molecular complexity index is 1350. The van der Waals surface area contributed by atoms with Crippen LogP contribution in [0, 0.1) is 10.1 Å². The fourth-order valence-corrected chi connectivity index (χ4v) is 3.33. The molecule has 0 spiro atoms. The Morgan fingerprint density at radius 1 is 1.00 bits per heavy atom. The Balaban J connectivity index is 1.56. The Kier molecular flexibility index (Phi) is 7.17. The average Bonchev–Trinajstić information content (AvgIpc) is 3.32. The van der Waals surface area contributed by atoms with Crippen LogP contribution in [0.4, 0.5) is 5.69 Å². The van der Waals surface area contributed by atoms with Crippen molar-refractivity contribution in [2.45, 2.75) is 0 Å². The lowest BCUT2D eigenvalue weighted by molar-refractivity contribution is -0.384. The van der Waals surface area contributed by atoms with Gasteiger partial charge < -0.3 is 14.8 Å². The number of rotatable bonds is 7. The third-order valence-corrected chi connectivity index (χ3v) is 5.30. The third-order valence-electron chi connectivity index (χ3n) is 4.77. The van der Waals surface area contributed by atoms with E-state index in [9.17, 15) is 19.7 Å². The number of halogens is 1. The minimum Gasteiger partial charge on any atom is -0.454 e. The summed E-state index contributed by atoms with van der Waals surface area (Å²) in [5.74, 6) is -0.104. The number of nitro benzene ring substituents is 1. The van der Waals surface area contributed by atoms with E-state index in [1.807, 2.05) is 0 Å². The second-order valence-electron chi connectivity index (χ2n) is 7.18. The van der Waals surface area contributed by atoms with Crippen LogP contribution in [-0.2, 0) is 4.79 Å². The molecule has 0 aromatic heterocycles. The lowest BCUT2D eigenvalue weighted by Gasteiger charge is -2.09. The van der Waals surface area contributed by atoms with E-state index in [2.05, 4.69) is 31.8 Å². The van der Waals surface area contributed by atoms with Gasteiger partial charge in [-0.2, -0.15) is 5.10 Å². The number of carbonyl (C=O) groups excluding carboxylic acids is 2. The fourth-order valence-electron chi connectivity index (χ4n) is 3.07. The quantitative estimate of drug-likeness (QED) is 0.203. The van der Waals surface area contributed by atoms with Crippen molar-refractivity contribution >= 4 is 45.7 Å². The number of carbonyl (C=O) groups is 2. The molecule has 35 heavy (non-hydrogen) atoms. The number of hydrogen-bond donors (Lipinski definition) is 2. The van der Waals surface area contributed by atoms with E-state index in [-0.39, 0.29) is 18.2 Å². The molecule has 3 aromatic carbocycles. The Labute approximate surface area is 207 Å². The first-order valence-corrected chi connectivity index (χ1v) is 10.9. The van der Waals surface area contributed by atoms with Crippen molar-refractivity contribution in [2.24, 2.45) is 5.10 Å². The van der Waals surface area contributed by atoms with Gasteiger partial charge in [-0.1, -0.05) is 34.1 Å². The average molecular weight is 537 g/mol. The van der Waals surface area contributed by atoms with Crippen LogP contribution in [0.1, 0.15) is 21.5 Å². The molecule has 0 saturated heterocycles. The topological polar surface area (TPSA) is 132 Å². The molecule has 0 radical (unpaired) electrons. The van der Waals surface area contributed by atoms with E-state index in [1.54, 1.807) is 48.5 Å². The monoisotopic (exact) mass is 536 g/mol. The first kappa shape index (κ1) is 23.6. The van der Waals surface area contributed by atoms with Gasteiger partial charge in [-0.05, 0) is 48.0 Å². The van der Waals surface area contributed by atoms with Crippen LogP contribution < -0.4 is 20.2 Å². The van der Waals surface area contributed by atoms with Crippen molar-refractivity contribution in [2.75, 3.05) is 6.79 Å². The van der Waals surface area contributed by atoms with Crippen molar-refractivity contribution in [1.29, 1.82) is 0 Å². The zero-order valence-corrected chi connectivity index (χ0v) is 19.5. The van der Waals surface area contributed by atoms with Crippen LogP contribution in [0.3, 0.4) is 0 Å². The molecule has 2 amide bonds. The summed E-state index contributed by atoms with van der Waals surface area (Å²) in [6, 6.07) is 17.5. The molecule has 1 aliphatic rings. The highest BCUT2D eigenvalue weighted by Crippen LogP contribution is 2.33. The van der Waals surface area contributed by atoms with Gasteiger partial charge in [0.1, 0.15) is 5.70 Å². The number of hydrazone groups is 1. The summed E-state index contributed by atoms with van der Waals surface area (Å²) in [5, 5.41) is 17.4. The van der Waals surface area contributed by atoms with Crippen molar-refractivity contribution in [3.05, 3.63) is 104 Å². The van der Waals surface area contributed by atoms with E-state index >= 15 is 0 Å². The summed E-state index contributed by atoms with van der Waals surface area (Å²) in [7, 11) is 0. The number of hydrogen-bond acceptors (Lipinski definition) is 7. The Morgan fingerprint density at radius 2 is 1.77 bits per heavy atom. The molecular weight excluding hydrogens is 520 g/mol. The van der Waals surface area contributed by atoms with Crippen LogP contribution in [0.2, 0.25) is 0 Å². The maximum atomic E-state index is 12.9. The van der Waals surface area contributed by atoms with Crippen molar-refractivity contribution in [3.8, 4) is 11.5 Å². The summed E-state index contributed by atoms with van der Waals surface area (Å²) in [6.07, 6.45) is 2.73. The highest BCUT2D eigenvalue weighted by molar-refractivity contribution is 9.10. The van der Waals surface area contributed by atoms with Crippen LogP contribution >= 0.6 is 15.9 Å². The van der Waals surface area contributed by atoms with Crippen molar-refractivity contribution < 1.29 is 24.0 Å². The molecule has 0 aliphatic carbocycles. The summed E-state index contributed by atoms with van der Waals surface area (Å²) in [4.78, 5) is 36.0. The number of nitrogens with zero attached hydrogens (tertiary/aromatic N) is 2. The molecule has 0 unspecified atom stereocenters. The van der Waals surface area contributed by atoms with Gasteiger partial charge in [0.2, 0.25) is 6.79 Å². The Hall–Kier alpha value is -4.51. The van der Waals surface area contributed by atoms with E-state index in [4.69, 9.17) is 9.47 Å². The number of non-ortho nitro benzene ring substituents is 1. The number of nitrogens with one attached hydrogen (secondary N) is 2. The highest BCUT2D eigenvalue weighted by atomic mass is 79.9. The minimum atomic E-state index is -0.699. The molecule has 3 aromatic rings. The van der Waals surface area contributed by atoms with Gasteiger partial charge in [0.15, 0.2) is 11.5 Å². The SMILES string of the molecule is O=C(N/N=C\c1cccc([N+](=O)[O-])c1)/C(=C\c1ccc2c(c1)OCO2)NC(=O)c1ccc(Br)cc1. The molecule has 0 bridgehead atoms. The largest absolute Gasteiger partial charge is 0.454 e. The van der Waals surface area contributed by atoms with Crippen molar-refractivity contribution in [1.82, 2.24) is 10.7 Å². The first-order valence-electron chi connectivity index (χ1n) is 10.2. The lowest BCUT2D eigenvalue weighted by atomic mass is 10.1. The first-order chi connectivity index (χ1) is 16.9. The predicted octanol–water partition coefficient (Wildman–Crippen LogP) is 4.01. The summed E-state index contributed by atoms with van der Waals surface area (Å²) < 4.78 is 11.5. The van der Waals surface area contributed by atoms with Crippen molar-refractivity contribution in [3.63, 3.8) is 0 Å². The minimum absolute atomic E-state index is 0.0759. The van der Waals surface area contributed by atoms with E-state index in [0.29, 0.717) is 28.2 Å². The van der Waals surface area contributed by atoms with Gasteiger partial charge >= 0.3 is 0 Å². The molecule has 0 saturated carbocycles. The maximum absolute atomic E-state index is 12.9. The molecule has 176 valence electrons. The number of ether oxygens (including phenoxy) is 2. The van der Waals surface area contributed by atoms with Gasteiger partial charge in [-0.15, -0.1) is 0 Å². The van der Waals surface area contributed by atoms with E-state index in [0.717, 1.165) is 4.47 Å². The number of nitro groups is 1. The Morgan fingerprint density at radius 3 is 2.54 bits per heavy atom. The smallest absolute Gasteiger partial charge is 0.287 e. The lowest BCUT2D eigenvalue weighted by Crippen LogP contribution is -2.32. The second-order valence-corrected chi connectivity index (χ2v) is 8.10. The standard InChI is InChI=1S/C24H17BrN4O6/c25-18-7-5-17(6-8-18)23(30)27-20(11-15-4-9-21-22(12-15)35-14-34-21)24(31)28-26-13-16-2-1-3-19(10-16)29(32)33/h1-13H,14H2,(H,27,30)(H,28,31)/b20-11+,26-13-. The molecule has 0 atom stereocenters. The van der Waals surface area contributed by atoms with Crippen LogP contribution in [-0.4, -0.2) is 29.7 Å². The maximum Gasteiger partial charge on any atom is 0.287 e. The molecule has 1 aliphatic heterocycles. The van der Waals surface area contributed by atoms with Gasteiger partial charge in [-0.3, -0.25) is 19.7 Å². The number of benzene rings is 3. The molecule has 11 heteroatoms. The molecule has 0 fully saturated rings. The molecular formula is C24H17BrN4O6. The molecule has 2 N–H and O–H groups in total. The van der Waals surface area contributed by atoms with Gasteiger partial charge in [-0.25, -0.2) is 5.43 Å². The number of amides is 2. The fraction of sp³-hybridized carbons (Fsp3) is 0.0417. The zero-order valence-electron chi connectivity index (χ0n) is 17.9. The van der Waals surface area contributed by atoms with E-state index in [1.165, 1.54) is 30.5 Å². The van der Waals surface area contributed by atoms with Crippen LogP contribution in [0.15, 0.2) is 82.0 Å². The summed E-state index contributed by atoms with van der Waals surface area (Å²) in [5.41, 5.74) is 3.49. The third kappa shape index (κ3) is 6.09. The van der Waals surface area contributed by atoms with Crippen LogP contribution in [0.25, 0.3) is 6.08 Å². The molecule has 4 rings (SSSR count). The van der Waals surface area contributed by atoms with Gasteiger partial charge in [0.25, 0.3) is 17.5 Å². The van der Waals surface area contributed by atoms with Crippen LogP contribution in [0.5, 0.6) is 11.5 Å². The normalized spacial score (nSPS) is 12.4. The molecule has 1 heterocycles. The summed E-state index contributed by atoms with van der Waals surface area (Å²) >= 11 is 3.31. The second kappa shape index (κ2) is 10.6. The summed E-state index contributed by atoms with van der Waals surface area (Å²) in [6.45, 7) is 0.0997.